The first-order chi connectivity index (χ1) is 8.90. The average Bonchev–Trinajstić information content (AvgIpc) is 2.77. The normalized spacial score (nSPS) is 10.4. The van der Waals surface area contributed by atoms with E-state index in [0.29, 0.717) is 12.1 Å². The maximum absolute atomic E-state index is 13.5. The van der Waals surface area contributed by atoms with Crippen LogP contribution in [0.15, 0.2) is 28.7 Å². The van der Waals surface area contributed by atoms with E-state index in [4.69, 9.17) is 9.52 Å². The second-order valence-electron chi connectivity index (χ2n) is 3.51. The summed E-state index contributed by atoms with van der Waals surface area (Å²) < 4.78 is 31.4. The van der Waals surface area contributed by atoms with Crippen molar-refractivity contribution in [1.82, 2.24) is 0 Å². The van der Waals surface area contributed by atoms with Crippen LogP contribution < -0.4 is 0 Å². The van der Waals surface area contributed by atoms with Crippen molar-refractivity contribution in [2.24, 2.45) is 0 Å². The first-order valence-corrected chi connectivity index (χ1v) is 4.87. The van der Waals surface area contributed by atoms with Gasteiger partial charge in [-0.1, -0.05) is 0 Å². The van der Waals surface area contributed by atoms with Gasteiger partial charge in [-0.3, -0.25) is 10.1 Å². The van der Waals surface area contributed by atoms with Crippen LogP contribution in [0, 0.1) is 21.7 Å². The Kier molecular flexibility index (Phi) is 2.99. The van der Waals surface area contributed by atoms with Crippen molar-refractivity contribution in [3.05, 3.63) is 51.8 Å². The Bertz CT molecular complexity index is 680. The zero-order valence-corrected chi connectivity index (χ0v) is 9.09. The number of furan rings is 1. The molecule has 0 fully saturated rings. The van der Waals surface area contributed by atoms with Gasteiger partial charge in [-0.15, -0.1) is 0 Å². The third-order valence-electron chi connectivity index (χ3n) is 2.32. The standard InChI is InChI=1S/C11H5F2NO5/c12-6-4-7(13)8(14(17)18)3-5(6)9-1-2-10(19-9)11(15)16/h1-4H,(H,15,16). The number of carbonyl (C=O) groups is 1. The molecule has 1 N–H and O–H groups in total. The van der Waals surface area contributed by atoms with Gasteiger partial charge in [0.1, 0.15) is 11.6 Å². The summed E-state index contributed by atoms with van der Waals surface area (Å²) in [5.41, 5.74) is -1.31. The third kappa shape index (κ3) is 2.28. The molecule has 0 saturated heterocycles. The van der Waals surface area contributed by atoms with Gasteiger partial charge in [-0.25, -0.2) is 9.18 Å². The fraction of sp³-hybridized carbons (Fsp3) is 0. The first kappa shape index (κ1) is 12.7. The average molecular weight is 269 g/mol. The summed E-state index contributed by atoms with van der Waals surface area (Å²) in [4.78, 5) is 20.1. The van der Waals surface area contributed by atoms with E-state index in [1.165, 1.54) is 0 Å². The predicted molar refractivity (Wildman–Crippen MR) is 57.7 cm³/mol. The van der Waals surface area contributed by atoms with E-state index in [1.807, 2.05) is 0 Å². The van der Waals surface area contributed by atoms with Gasteiger partial charge in [-0.2, -0.15) is 4.39 Å². The van der Waals surface area contributed by atoms with Gasteiger partial charge in [0.2, 0.25) is 11.6 Å². The quantitative estimate of drug-likeness (QED) is 0.683. The zero-order chi connectivity index (χ0) is 14.2. The number of nitro benzene ring substituents is 1. The van der Waals surface area contributed by atoms with Crippen LogP contribution >= 0.6 is 0 Å². The van der Waals surface area contributed by atoms with Crippen molar-refractivity contribution in [3.8, 4) is 11.3 Å². The van der Waals surface area contributed by atoms with Crippen molar-refractivity contribution in [1.29, 1.82) is 0 Å². The molecule has 0 saturated carbocycles. The van der Waals surface area contributed by atoms with Crippen LogP contribution in [0.1, 0.15) is 10.6 Å². The molecule has 0 atom stereocenters. The van der Waals surface area contributed by atoms with E-state index < -0.39 is 34.0 Å². The van der Waals surface area contributed by atoms with Crippen LogP contribution in [0.5, 0.6) is 0 Å². The lowest BCUT2D eigenvalue weighted by atomic mass is 10.1. The number of nitro groups is 1. The van der Waals surface area contributed by atoms with Gasteiger partial charge in [0, 0.05) is 12.1 Å². The van der Waals surface area contributed by atoms with Gasteiger partial charge in [0.05, 0.1) is 10.5 Å². The number of nitrogens with zero attached hydrogens (tertiary/aromatic N) is 1. The highest BCUT2D eigenvalue weighted by Crippen LogP contribution is 2.30. The van der Waals surface area contributed by atoms with E-state index in [-0.39, 0.29) is 11.3 Å². The Labute approximate surface area is 104 Å². The molecule has 6 nitrogen and oxygen atoms in total. The molecule has 0 bridgehead atoms. The number of halogens is 2. The van der Waals surface area contributed by atoms with E-state index in [2.05, 4.69) is 0 Å². The van der Waals surface area contributed by atoms with Crippen molar-refractivity contribution in [3.63, 3.8) is 0 Å². The van der Waals surface area contributed by atoms with E-state index in [0.717, 1.165) is 12.1 Å². The minimum atomic E-state index is -1.37. The number of aromatic carboxylic acids is 1. The fourth-order valence-corrected chi connectivity index (χ4v) is 1.46. The van der Waals surface area contributed by atoms with Gasteiger partial charge in [-0.05, 0) is 12.1 Å². The minimum Gasteiger partial charge on any atom is -0.475 e. The van der Waals surface area contributed by atoms with Crippen LogP contribution in [0.2, 0.25) is 0 Å². The van der Waals surface area contributed by atoms with Crippen LogP contribution in [0.4, 0.5) is 14.5 Å². The summed E-state index contributed by atoms with van der Waals surface area (Å²) in [6, 6.07) is 3.18. The highest BCUT2D eigenvalue weighted by atomic mass is 19.1. The number of rotatable bonds is 3. The summed E-state index contributed by atoms with van der Waals surface area (Å²) in [6.07, 6.45) is 0. The number of carboxylic acids is 1. The molecule has 0 radical (unpaired) electrons. The lowest BCUT2D eigenvalue weighted by Crippen LogP contribution is -1.95. The zero-order valence-electron chi connectivity index (χ0n) is 9.09. The second kappa shape index (κ2) is 4.48. The summed E-state index contributed by atoms with van der Waals surface area (Å²) in [6.45, 7) is 0. The highest BCUT2D eigenvalue weighted by molar-refractivity contribution is 5.85. The molecule has 98 valence electrons. The van der Waals surface area contributed by atoms with E-state index in [9.17, 15) is 23.7 Å². The van der Waals surface area contributed by atoms with Gasteiger partial charge in [0.15, 0.2) is 0 Å². The second-order valence-corrected chi connectivity index (χ2v) is 3.51. The van der Waals surface area contributed by atoms with Crippen LogP contribution in [0.3, 0.4) is 0 Å². The molecular weight excluding hydrogens is 264 g/mol. The van der Waals surface area contributed by atoms with Crippen molar-refractivity contribution in [2.75, 3.05) is 0 Å². The summed E-state index contributed by atoms with van der Waals surface area (Å²) in [5.74, 6) is -4.48. The Morgan fingerprint density at radius 2 is 1.95 bits per heavy atom. The summed E-state index contributed by atoms with van der Waals surface area (Å²) >= 11 is 0. The molecule has 0 unspecified atom stereocenters. The van der Waals surface area contributed by atoms with E-state index >= 15 is 0 Å². The number of benzene rings is 1. The molecule has 8 heteroatoms. The Morgan fingerprint density at radius 3 is 2.47 bits per heavy atom. The molecule has 0 amide bonds. The molecule has 0 aliphatic rings. The molecule has 1 aromatic heterocycles. The van der Waals surface area contributed by atoms with Crippen LogP contribution in [-0.2, 0) is 0 Å². The molecule has 1 aromatic carbocycles. The van der Waals surface area contributed by atoms with Gasteiger partial charge < -0.3 is 9.52 Å². The Hall–Kier alpha value is -2.77. The predicted octanol–water partition coefficient (Wildman–Crippen LogP) is 2.83. The number of hydrogen-bond donors (Lipinski definition) is 1. The smallest absolute Gasteiger partial charge is 0.371 e. The van der Waals surface area contributed by atoms with Crippen molar-refractivity contribution < 1.29 is 28.0 Å². The number of carboxylic acid groups (broad SMARTS) is 1. The molecule has 19 heavy (non-hydrogen) atoms. The molecule has 2 aromatic rings. The van der Waals surface area contributed by atoms with Gasteiger partial charge in [0.25, 0.3) is 0 Å². The molecular formula is C11H5F2NO5. The lowest BCUT2D eigenvalue weighted by molar-refractivity contribution is -0.387. The van der Waals surface area contributed by atoms with Crippen LogP contribution in [0.25, 0.3) is 11.3 Å². The van der Waals surface area contributed by atoms with Crippen molar-refractivity contribution >= 4 is 11.7 Å². The Morgan fingerprint density at radius 1 is 1.26 bits per heavy atom. The molecule has 0 aliphatic heterocycles. The molecule has 1 heterocycles. The monoisotopic (exact) mass is 269 g/mol. The largest absolute Gasteiger partial charge is 0.475 e. The maximum Gasteiger partial charge on any atom is 0.371 e. The Balaban J connectivity index is 2.57. The summed E-state index contributed by atoms with van der Waals surface area (Å²) in [7, 11) is 0. The van der Waals surface area contributed by atoms with Gasteiger partial charge >= 0.3 is 11.7 Å². The fourth-order valence-electron chi connectivity index (χ4n) is 1.46. The van der Waals surface area contributed by atoms with Crippen molar-refractivity contribution in [2.45, 2.75) is 0 Å². The molecule has 0 spiro atoms. The summed E-state index contributed by atoms with van der Waals surface area (Å²) in [5, 5.41) is 19.2. The van der Waals surface area contributed by atoms with Crippen LogP contribution in [-0.4, -0.2) is 16.0 Å². The first-order valence-electron chi connectivity index (χ1n) is 4.87. The highest BCUT2D eigenvalue weighted by Gasteiger charge is 2.21. The molecule has 0 aliphatic carbocycles. The lowest BCUT2D eigenvalue weighted by Gasteiger charge is -2.01. The topological polar surface area (TPSA) is 93.6 Å². The number of hydrogen-bond acceptors (Lipinski definition) is 4. The SMILES string of the molecule is O=C(O)c1ccc(-c2cc([N+](=O)[O-])c(F)cc2F)o1. The molecule has 2 rings (SSSR count). The maximum atomic E-state index is 13.5. The third-order valence-corrected chi connectivity index (χ3v) is 2.32. The minimum absolute atomic E-state index is 0.238. The van der Waals surface area contributed by atoms with E-state index in [1.54, 1.807) is 0 Å².